The molecule has 170 valence electrons. The van der Waals surface area contributed by atoms with Crippen molar-refractivity contribution in [2.75, 3.05) is 31.9 Å². The fourth-order valence-corrected chi connectivity index (χ4v) is 5.21. The van der Waals surface area contributed by atoms with E-state index in [1.165, 1.54) is 11.1 Å². The van der Waals surface area contributed by atoms with Crippen LogP contribution in [0.2, 0.25) is 0 Å². The van der Waals surface area contributed by atoms with Crippen LogP contribution >= 0.6 is 0 Å². The zero-order valence-corrected chi connectivity index (χ0v) is 18.9. The number of hydrogen-bond donors (Lipinski definition) is 1. The number of rotatable bonds is 8. The molecular weight excluding hydrogens is 422 g/mol. The van der Waals surface area contributed by atoms with Gasteiger partial charge in [-0.3, -0.25) is 4.98 Å². The Morgan fingerprint density at radius 1 is 1.06 bits per heavy atom. The zero-order chi connectivity index (χ0) is 21.8. The predicted molar refractivity (Wildman–Crippen MR) is 129 cm³/mol. The molecule has 0 bridgehead atoms. The minimum absolute atomic E-state index is 0. The predicted octanol–water partition coefficient (Wildman–Crippen LogP) is 4.73. The molecule has 2 heterocycles. The van der Waals surface area contributed by atoms with Gasteiger partial charge in [-0.25, -0.2) is 4.21 Å². The lowest BCUT2D eigenvalue weighted by atomic mass is 10.1. The molecule has 1 atom stereocenters. The number of nitrogens with zero attached hydrogens (tertiary/aromatic N) is 2. The monoisotopic (exact) mass is 453 g/mol. The number of hydrogen-bond acceptors (Lipinski definition) is 6. The average molecular weight is 454 g/mol. The third-order valence-electron chi connectivity index (χ3n) is 5.48. The summed E-state index contributed by atoms with van der Waals surface area (Å²) < 4.78 is 23.8. The first-order chi connectivity index (χ1) is 15.1. The largest absolute Gasteiger partial charge is 0.466 e. The lowest BCUT2D eigenvalue weighted by Crippen LogP contribution is -2.32. The van der Waals surface area contributed by atoms with Crippen molar-refractivity contribution in [2.24, 2.45) is 0 Å². The summed E-state index contributed by atoms with van der Waals surface area (Å²) >= 11 is 0. The molecule has 0 saturated carbocycles. The molecule has 0 aliphatic carbocycles. The molecule has 1 aromatic heterocycles. The standard InChI is InChI=1S/C24H27N3O3S.CH4/c1-17-10-11-23-24(18(17)2)27(20-7-4-5-9-22(20)31(23)28)14-13-25-15-19-21(30-16-29-3)8-6-12-26-19;/h4-12,25H,13-16H2,1-3H3;1H4. The maximum Gasteiger partial charge on any atom is 0.188 e. The highest BCUT2D eigenvalue weighted by Crippen LogP contribution is 2.44. The first-order valence-corrected chi connectivity index (χ1v) is 11.4. The Balaban J connectivity index is 0.00000289. The van der Waals surface area contributed by atoms with Gasteiger partial charge < -0.3 is 19.7 Å². The number of anilines is 2. The number of para-hydroxylation sites is 1. The molecular formula is C25H31N3O3S. The van der Waals surface area contributed by atoms with Crippen LogP contribution in [0, 0.1) is 13.8 Å². The molecule has 6 nitrogen and oxygen atoms in total. The third kappa shape index (κ3) is 4.70. The lowest BCUT2D eigenvalue weighted by molar-refractivity contribution is 0.0500. The van der Waals surface area contributed by atoms with Crippen LogP contribution in [-0.2, 0) is 22.1 Å². The third-order valence-corrected chi connectivity index (χ3v) is 6.95. The van der Waals surface area contributed by atoms with Gasteiger partial charge in [-0.05, 0) is 55.3 Å². The van der Waals surface area contributed by atoms with E-state index in [-0.39, 0.29) is 14.2 Å². The van der Waals surface area contributed by atoms with Crippen LogP contribution in [0.1, 0.15) is 24.2 Å². The van der Waals surface area contributed by atoms with E-state index in [1.54, 1.807) is 13.3 Å². The Labute approximate surface area is 193 Å². The van der Waals surface area contributed by atoms with E-state index in [2.05, 4.69) is 35.1 Å². The second kappa shape index (κ2) is 10.7. The highest BCUT2D eigenvalue weighted by Gasteiger charge is 2.29. The van der Waals surface area contributed by atoms with Gasteiger partial charge in [-0.15, -0.1) is 0 Å². The van der Waals surface area contributed by atoms with Crippen molar-refractivity contribution in [3.05, 3.63) is 71.5 Å². The molecule has 2 aromatic carbocycles. The SMILES string of the molecule is C.COCOc1cccnc1CNCCN1c2ccccc2S(=O)c2ccc(C)c(C)c21. The van der Waals surface area contributed by atoms with Crippen molar-refractivity contribution in [2.45, 2.75) is 37.6 Å². The molecule has 3 aromatic rings. The van der Waals surface area contributed by atoms with Crippen molar-refractivity contribution in [3.8, 4) is 5.75 Å². The number of ether oxygens (including phenoxy) is 2. The first kappa shape index (κ1) is 23.9. The molecule has 4 rings (SSSR count). The molecule has 0 radical (unpaired) electrons. The van der Waals surface area contributed by atoms with Crippen LogP contribution in [0.15, 0.2) is 64.5 Å². The van der Waals surface area contributed by atoms with Crippen LogP contribution in [0.4, 0.5) is 11.4 Å². The summed E-state index contributed by atoms with van der Waals surface area (Å²) in [6.45, 7) is 6.45. The van der Waals surface area contributed by atoms with Crippen molar-refractivity contribution in [1.82, 2.24) is 10.3 Å². The second-order valence-corrected chi connectivity index (χ2v) is 8.84. The number of fused-ring (bicyclic) bond motifs is 2. The maximum absolute atomic E-state index is 13.2. The Hall–Kier alpha value is -2.74. The summed E-state index contributed by atoms with van der Waals surface area (Å²) in [5.41, 5.74) is 5.26. The highest BCUT2D eigenvalue weighted by molar-refractivity contribution is 7.85. The molecule has 0 spiro atoms. The average Bonchev–Trinajstić information content (AvgIpc) is 2.80. The fraction of sp³-hybridized carbons (Fsp3) is 0.320. The van der Waals surface area contributed by atoms with E-state index in [0.717, 1.165) is 39.9 Å². The summed E-state index contributed by atoms with van der Waals surface area (Å²) in [5, 5.41) is 3.47. The quantitative estimate of drug-likeness (QED) is 0.393. The van der Waals surface area contributed by atoms with Gasteiger partial charge in [-0.2, -0.15) is 0 Å². The van der Waals surface area contributed by atoms with E-state index in [9.17, 15) is 4.21 Å². The summed E-state index contributed by atoms with van der Waals surface area (Å²) in [7, 11) is 0.423. The maximum atomic E-state index is 13.2. The van der Waals surface area contributed by atoms with Crippen LogP contribution in [0.5, 0.6) is 5.75 Å². The van der Waals surface area contributed by atoms with Crippen LogP contribution in [-0.4, -0.2) is 36.2 Å². The van der Waals surface area contributed by atoms with E-state index in [1.807, 2.05) is 42.5 Å². The first-order valence-electron chi connectivity index (χ1n) is 10.3. The van der Waals surface area contributed by atoms with Gasteiger partial charge in [0, 0.05) is 32.9 Å². The highest BCUT2D eigenvalue weighted by atomic mass is 32.2. The van der Waals surface area contributed by atoms with Crippen molar-refractivity contribution in [3.63, 3.8) is 0 Å². The van der Waals surface area contributed by atoms with Crippen LogP contribution < -0.4 is 15.0 Å². The fourth-order valence-electron chi connectivity index (χ4n) is 3.78. The number of nitrogens with one attached hydrogen (secondary N) is 1. The minimum Gasteiger partial charge on any atom is -0.466 e. The summed E-state index contributed by atoms with van der Waals surface area (Å²) in [4.78, 5) is 8.44. The number of benzene rings is 2. The molecule has 1 aliphatic heterocycles. The zero-order valence-electron chi connectivity index (χ0n) is 18.1. The minimum atomic E-state index is -1.17. The smallest absolute Gasteiger partial charge is 0.188 e. The topological polar surface area (TPSA) is 63.7 Å². The molecule has 1 aliphatic rings. The Morgan fingerprint density at radius 2 is 1.88 bits per heavy atom. The van der Waals surface area contributed by atoms with Gasteiger partial charge in [0.2, 0.25) is 0 Å². The molecule has 0 saturated heterocycles. The molecule has 0 fully saturated rings. The van der Waals surface area contributed by atoms with Gasteiger partial charge in [0.25, 0.3) is 0 Å². The van der Waals surface area contributed by atoms with Gasteiger partial charge in [0.1, 0.15) is 5.75 Å². The molecule has 32 heavy (non-hydrogen) atoms. The van der Waals surface area contributed by atoms with Crippen molar-refractivity contribution < 1.29 is 13.7 Å². The number of methoxy groups -OCH3 is 1. The van der Waals surface area contributed by atoms with Crippen molar-refractivity contribution in [1.29, 1.82) is 0 Å². The summed E-state index contributed by atoms with van der Waals surface area (Å²) in [6, 6.07) is 15.7. The molecule has 1 N–H and O–H groups in total. The molecule has 0 amide bonds. The Morgan fingerprint density at radius 3 is 2.69 bits per heavy atom. The van der Waals surface area contributed by atoms with Gasteiger partial charge in [0.05, 0.1) is 37.7 Å². The lowest BCUT2D eigenvalue weighted by Gasteiger charge is -2.34. The number of pyridine rings is 1. The van der Waals surface area contributed by atoms with E-state index in [4.69, 9.17) is 9.47 Å². The van der Waals surface area contributed by atoms with E-state index < -0.39 is 10.8 Å². The summed E-state index contributed by atoms with van der Waals surface area (Å²) in [6.07, 6.45) is 1.76. The van der Waals surface area contributed by atoms with Gasteiger partial charge >= 0.3 is 0 Å². The van der Waals surface area contributed by atoms with E-state index >= 15 is 0 Å². The van der Waals surface area contributed by atoms with Gasteiger partial charge in [0.15, 0.2) is 6.79 Å². The van der Waals surface area contributed by atoms with Crippen LogP contribution in [0.25, 0.3) is 0 Å². The Bertz CT molecular complexity index is 1100. The summed E-state index contributed by atoms with van der Waals surface area (Å²) in [5.74, 6) is 0.715. The normalized spacial score (nSPS) is 14.3. The van der Waals surface area contributed by atoms with Crippen molar-refractivity contribution >= 4 is 22.2 Å². The second-order valence-electron chi connectivity index (χ2n) is 7.42. The molecule has 7 heteroatoms. The molecule has 1 unspecified atom stereocenters. The van der Waals surface area contributed by atoms with Crippen LogP contribution in [0.3, 0.4) is 0 Å². The number of aromatic nitrogens is 1. The van der Waals surface area contributed by atoms with E-state index in [0.29, 0.717) is 12.3 Å². The van der Waals surface area contributed by atoms with Gasteiger partial charge in [-0.1, -0.05) is 25.6 Å². The number of aryl methyl sites for hydroxylation is 1. The Kier molecular flexibility index (Phi) is 8.01.